The van der Waals surface area contributed by atoms with Crippen molar-refractivity contribution >= 4 is 12.4 Å². The molecular formula is C6H12ClNO. The second-order valence-electron chi connectivity index (χ2n) is 2.83. The molecule has 2 N–H and O–H groups in total. The Morgan fingerprint density at radius 1 is 1.33 bits per heavy atom. The molecule has 2 fully saturated rings. The van der Waals surface area contributed by atoms with E-state index in [0.29, 0.717) is 12.5 Å². The fourth-order valence-corrected chi connectivity index (χ4v) is 1.82. The molecule has 1 saturated heterocycles. The Kier molecular flexibility index (Phi) is 1.99. The topological polar surface area (TPSA) is 32.3 Å². The van der Waals surface area contributed by atoms with Gasteiger partial charge >= 0.3 is 0 Å². The SMILES string of the molecule is Cl.OCC1C2CNC[C@H]12. The summed E-state index contributed by atoms with van der Waals surface area (Å²) in [5.74, 6) is 2.33. The first-order valence-electron chi connectivity index (χ1n) is 3.25. The summed E-state index contributed by atoms with van der Waals surface area (Å²) in [6, 6.07) is 0. The standard InChI is InChI=1S/C6H11NO.ClH/c8-3-6-4-1-7-2-5(4)6;/h4-8H,1-3H2;1H/t4-,5?,6?;/m0./s1. The van der Waals surface area contributed by atoms with Gasteiger partial charge in [-0.2, -0.15) is 0 Å². The summed E-state index contributed by atoms with van der Waals surface area (Å²) in [6.45, 7) is 2.71. The Morgan fingerprint density at radius 3 is 2.22 bits per heavy atom. The lowest BCUT2D eigenvalue weighted by Crippen LogP contribution is -2.15. The summed E-state index contributed by atoms with van der Waals surface area (Å²) in [7, 11) is 0. The predicted molar refractivity (Wildman–Crippen MR) is 37.7 cm³/mol. The number of hydrogen-bond acceptors (Lipinski definition) is 2. The highest BCUT2D eigenvalue weighted by Crippen LogP contribution is 2.47. The van der Waals surface area contributed by atoms with Gasteiger partial charge in [-0.15, -0.1) is 12.4 Å². The zero-order chi connectivity index (χ0) is 5.56. The summed E-state index contributed by atoms with van der Waals surface area (Å²) in [4.78, 5) is 0. The van der Waals surface area contributed by atoms with Crippen molar-refractivity contribution in [3.63, 3.8) is 0 Å². The lowest BCUT2D eigenvalue weighted by atomic mass is 10.3. The predicted octanol–water partition coefficient (Wildman–Crippen LogP) is -0.134. The van der Waals surface area contributed by atoms with Crippen molar-refractivity contribution in [2.75, 3.05) is 19.7 Å². The van der Waals surface area contributed by atoms with Crippen molar-refractivity contribution in [2.24, 2.45) is 17.8 Å². The van der Waals surface area contributed by atoms with Gasteiger partial charge < -0.3 is 10.4 Å². The monoisotopic (exact) mass is 149 g/mol. The van der Waals surface area contributed by atoms with Gasteiger partial charge in [-0.05, 0) is 30.8 Å². The number of rotatable bonds is 1. The smallest absolute Gasteiger partial charge is 0.0465 e. The minimum Gasteiger partial charge on any atom is -0.396 e. The fourth-order valence-electron chi connectivity index (χ4n) is 1.82. The molecule has 1 saturated carbocycles. The van der Waals surface area contributed by atoms with Crippen LogP contribution in [0.15, 0.2) is 0 Å². The van der Waals surface area contributed by atoms with Crippen molar-refractivity contribution in [3.05, 3.63) is 0 Å². The van der Waals surface area contributed by atoms with E-state index in [1.165, 1.54) is 0 Å². The average molecular weight is 150 g/mol. The van der Waals surface area contributed by atoms with Crippen molar-refractivity contribution in [2.45, 2.75) is 0 Å². The molecule has 54 valence electrons. The maximum atomic E-state index is 8.68. The van der Waals surface area contributed by atoms with Crippen molar-refractivity contribution < 1.29 is 5.11 Å². The number of fused-ring (bicyclic) bond motifs is 1. The zero-order valence-electron chi connectivity index (χ0n) is 5.21. The van der Waals surface area contributed by atoms with Crippen LogP contribution in [0, 0.1) is 17.8 Å². The quantitative estimate of drug-likeness (QED) is 0.544. The third-order valence-corrected chi connectivity index (χ3v) is 2.48. The van der Waals surface area contributed by atoms with E-state index in [-0.39, 0.29) is 12.4 Å². The summed E-state index contributed by atoms with van der Waals surface area (Å²) in [5.41, 5.74) is 0. The molecular weight excluding hydrogens is 138 g/mol. The van der Waals surface area contributed by atoms with E-state index in [9.17, 15) is 0 Å². The van der Waals surface area contributed by atoms with Crippen LogP contribution >= 0.6 is 12.4 Å². The van der Waals surface area contributed by atoms with Crippen LogP contribution < -0.4 is 5.32 Å². The molecule has 2 nitrogen and oxygen atoms in total. The minimum absolute atomic E-state index is 0. The molecule has 0 aromatic heterocycles. The van der Waals surface area contributed by atoms with Crippen LogP contribution in [-0.2, 0) is 0 Å². The van der Waals surface area contributed by atoms with Gasteiger partial charge in [0.05, 0.1) is 0 Å². The van der Waals surface area contributed by atoms with Gasteiger partial charge in [0, 0.05) is 6.61 Å². The van der Waals surface area contributed by atoms with Gasteiger partial charge in [-0.1, -0.05) is 0 Å². The molecule has 0 spiro atoms. The van der Waals surface area contributed by atoms with E-state index in [1.807, 2.05) is 0 Å². The average Bonchev–Trinajstić information content (AvgIpc) is 2.22. The molecule has 2 unspecified atom stereocenters. The van der Waals surface area contributed by atoms with E-state index in [4.69, 9.17) is 5.11 Å². The van der Waals surface area contributed by atoms with Crippen LogP contribution in [-0.4, -0.2) is 24.8 Å². The molecule has 2 rings (SSSR count). The van der Waals surface area contributed by atoms with Gasteiger partial charge in [0.2, 0.25) is 0 Å². The largest absolute Gasteiger partial charge is 0.396 e. The Hall–Kier alpha value is 0.210. The van der Waals surface area contributed by atoms with E-state index in [0.717, 1.165) is 24.9 Å². The third kappa shape index (κ3) is 0.955. The molecule has 3 heteroatoms. The lowest BCUT2D eigenvalue weighted by Gasteiger charge is -1.97. The maximum absolute atomic E-state index is 8.68. The summed E-state index contributed by atoms with van der Waals surface area (Å²) >= 11 is 0. The Balaban J connectivity index is 0.000000405. The number of aliphatic hydroxyl groups excluding tert-OH is 1. The zero-order valence-corrected chi connectivity index (χ0v) is 6.03. The number of nitrogens with one attached hydrogen (secondary N) is 1. The second kappa shape index (κ2) is 2.45. The molecule has 0 aromatic carbocycles. The van der Waals surface area contributed by atoms with E-state index in [1.54, 1.807) is 0 Å². The third-order valence-electron chi connectivity index (χ3n) is 2.48. The van der Waals surface area contributed by atoms with Crippen LogP contribution in [0.1, 0.15) is 0 Å². The molecule has 0 bridgehead atoms. The molecule has 1 heterocycles. The number of halogens is 1. The van der Waals surface area contributed by atoms with Crippen LogP contribution in [0.3, 0.4) is 0 Å². The molecule has 0 amide bonds. The normalized spacial score (nSPS) is 45.7. The highest BCUT2D eigenvalue weighted by Gasteiger charge is 2.51. The van der Waals surface area contributed by atoms with Crippen molar-refractivity contribution in [3.8, 4) is 0 Å². The molecule has 1 aliphatic heterocycles. The summed E-state index contributed by atoms with van der Waals surface area (Å²) < 4.78 is 0. The van der Waals surface area contributed by atoms with Crippen LogP contribution in [0.5, 0.6) is 0 Å². The maximum Gasteiger partial charge on any atom is 0.0465 e. The van der Waals surface area contributed by atoms with Gasteiger partial charge in [0.15, 0.2) is 0 Å². The van der Waals surface area contributed by atoms with E-state index < -0.39 is 0 Å². The lowest BCUT2D eigenvalue weighted by molar-refractivity contribution is 0.258. The molecule has 0 aromatic rings. The molecule has 3 atom stereocenters. The Bertz CT molecular complexity index is 92.5. The first kappa shape index (κ1) is 7.32. The fraction of sp³-hybridized carbons (Fsp3) is 1.00. The van der Waals surface area contributed by atoms with Crippen LogP contribution in [0.2, 0.25) is 0 Å². The number of piperidine rings is 1. The molecule has 1 aliphatic carbocycles. The number of aliphatic hydroxyl groups is 1. The first-order chi connectivity index (χ1) is 3.93. The molecule has 2 aliphatic rings. The Labute approximate surface area is 61.0 Å². The summed E-state index contributed by atoms with van der Waals surface area (Å²) in [5, 5.41) is 12.0. The van der Waals surface area contributed by atoms with Crippen LogP contribution in [0.25, 0.3) is 0 Å². The minimum atomic E-state index is 0. The Morgan fingerprint density at radius 2 is 1.89 bits per heavy atom. The molecule has 9 heavy (non-hydrogen) atoms. The first-order valence-corrected chi connectivity index (χ1v) is 3.25. The van der Waals surface area contributed by atoms with Crippen molar-refractivity contribution in [1.29, 1.82) is 0 Å². The summed E-state index contributed by atoms with van der Waals surface area (Å²) in [6.07, 6.45) is 0. The van der Waals surface area contributed by atoms with E-state index >= 15 is 0 Å². The highest BCUT2D eigenvalue weighted by molar-refractivity contribution is 5.85. The van der Waals surface area contributed by atoms with Gasteiger partial charge in [-0.25, -0.2) is 0 Å². The molecule has 0 radical (unpaired) electrons. The second-order valence-corrected chi connectivity index (χ2v) is 2.83. The van der Waals surface area contributed by atoms with E-state index in [2.05, 4.69) is 5.32 Å². The number of hydrogen-bond donors (Lipinski definition) is 2. The van der Waals surface area contributed by atoms with Crippen molar-refractivity contribution in [1.82, 2.24) is 5.32 Å². The van der Waals surface area contributed by atoms with Gasteiger partial charge in [0.1, 0.15) is 0 Å². The van der Waals surface area contributed by atoms with Gasteiger partial charge in [-0.3, -0.25) is 0 Å². The van der Waals surface area contributed by atoms with Gasteiger partial charge in [0.25, 0.3) is 0 Å². The highest BCUT2D eigenvalue weighted by atomic mass is 35.5. The van der Waals surface area contributed by atoms with Crippen LogP contribution in [0.4, 0.5) is 0 Å².